The van der Waals surface area contributed by atoms with Gasteiger partial charge in [-0.15, -0.1) is 0 Å². The molecule has 0 atom stereocenters. The lowest BCUT2D eigenvalue weighted by atomic mass is 9.74. The normalized spacial score (nSPS) is 16.5. The van der Waals surface area contributed by atoms with Crippen LogP contribution in [0.15, 0.2) is 24.4 Å². The van der Waals surface area contributed by atoms with Gasteiger partial charge in [0, 0.05) is 18.1 Å². The van der Waals surface area contributed by atoms with Crippen LogP contribution in [0.4, 0.5) is 0 Å². The summed E-state index contributed by atoms with van der Waals surface area (Å²) in [7, 11) is 1.64. The molecule has 2 aromatic rings. The maximum Gasteiger partial charge on any atom is 0.312 e. The van der Waals surface area contributed by atoms with Crippen molar-refractivity contribution >= 4 is 28.5 Å². The molecule has 7 heteroatoms. The van der Waals surface area contributed by atoms with Crippen LogP contribution >= 0.6 is 11.6 Å². The second-order valence-electron chi connectivity index (χ2n) is 7.89. The number of hydrogen-bond donors (Lipinski definition) is 1. The summed E-state index contributed by atoms with van der Waals surface area (Å²) in [5.74, 6) is 0.674. The number of carbonyl (C=O) groups is 1. The van der Waals surface area contributed by atoms with Gasteiger partial charge in [0.25, 0.3) is 0 Å². The zero-order valence-electron chi connectivity index (χ0n) is 17.8. The highest BCUT2D eigenvalue weighted by atomic mass is 35.5. The van der Waals surface area contributed by atoms with E-state index in [4.69, 9.17) is 21.1 Å². The topological polar surface area (TPSA) is 71.9 Å². The highest BCUT2D eigenvalue weighted by Crippen LogP contribution is 2.39. The largest absolute Gasteiger partial charge is 0.497 e. The van der Waals surface area contributed by atoms with Crippen LogP contribution in [0.2, 0.25) is 5.02 Å². The number of ether oxygens (including phenoxy) is 2. The van der Waals surface area contributed by atoms with Gasteiger partial charge in [0.05, 0.1) is 36.3 Å². The fourth-order valence-corrected chi connectivity index (χ4v) is 4.62. The van der Waals surface area contributed by atoms with Crippen LogP contribution in [0, 0.1) is 5.41 Å². The average molecular weight is 435 g/mol. The van der Waals surface area contributed by atoms with Crippen LogP contribution in [0.5, 0.6) is 5.75 Å². The first kappa shape index (κ1) is 22.8. The molecule has 0 aliphatic carbocycles. The standard InChI is InChI=1S/C23H31ClN2O4/c1-3-30-22(28)23(9-11-26(12-10-23)13-14-27)8-4-5-18-19-15-17(29-2)6-7-21(19)25-16-20(18)24/h6-7,15-16,27H,3-5,8-14H2,1-2H3. The van der Waals surface area contributed by atoms with Gasteiger partial charge in [-0.2, -0.15) is 0 Å². The quantitative estimate of drug-likeness (QED) is 0.604. The summed E-state index contributed by atoms with van der Waals surface area (Å²) in [5.41, 5.74) is 1.46. The summed E-state index contributed by atoms with van der Waals surface area (Å²) in [4.78, 5) is 19.5. The first-order valence-electron chi connectivity index (χ1n) is 10.6. The molecular weight excluding hydrogens is 404 g/mol. The van der Waals surface area contributed by atoms with Gasteiger partial charge >= 0.3 is 5.97 Å². The molecule has 1 fully saturated rings. The van der Waals surface area contributed by atoms with Gasteiger partial charge in [-0.3, -0.25) is 9.78 Å². The Labute approximate surface area is 183 Å². The lowest BCUT2D eigenvalue weighted by molar-refractivity contribution is -0.159. The summed E-state index contributed by atoms with van der Waals surface area (Å²) in [6.45, 7) is 4.64. The Morgan fingerprint density at radius 1 is 1.33 bits per heavy atom. The van der Waals surface area contributed by atoms with E-state index >= 15 is 0 Å². The van der Waals surface area contributed by atoms with E-state index in [1.165, 1.54) is 0 Å². The number of methoxy groups -OCH3 is 1. The Morgan fingerprint density at radius 3 is 2.77 bits per heavy atom. The van der Waals surface area contributed by atoms with E-state index in [1.54, 1.807) is 13.3 Å². The number of nitrogens with zero attached hydrogens (tertiary/aromatic N) is 2. The van der Waals surface area contributed by atoms with Crippen molar-refractivity contribution in [3.63, 3.8) is 0 Å². The van der Waals surface area contributed by atoms with Crippen molar-refractivity contribution in [3.05, 3.63) is 35.0 Å². The van der Waals surface area contributed by atoms with Crippen LogP contribution in [0.3, 0.4) is 0 Å². The Kier molecular flexibility index (Phi) is 7.92. The van der Waals surface area contributed by atoms with Crippen molar-refractivity contribution in [2.45, 2.75) is 39.0 Å². The summed E-state index contributed by atoms with van der Waals surface area (Å²) in [5, 5.41) is 10.8. The molecule has 0 unspecified atom stereocenters. The number of carbonyl (C=O) groups excluding carboxylic acids is 1. The molecule has 6 nitrogen and oxygen atoms in total. The summed E-state index contributed by atoms with van der Waals surface area (Å²) in [6, 6.07) is 5.80. The van der Waals surface area contributed by atoms with Crippen molar-refractivity contribution in [3.8, 4) is 5.75 Å². The van der Waals surface area contributed by atoms with Crippen LogP contribution < -0.4 is 4.74 Å². The second-order valence-corrected chi connectivity index (χ2v) is 8.29. The number of hydrogen-bond acceptors (Lipinski definition) is 6. The van der Waals surface area contributed by atoms with Crippen molar-refractivity contribution in [2.24, 2.45) is 5.41 Å². The predicted octanol–water partition coefficient (Wildman–Crippen LogP) is 3.86. The van der Waals surface area contributed by atoms with Crippen molar-refractivity contribution < 1.29 is 19.4 Å². The molecule has 1 aromatic heterocycles. The number of esters is 1. The van der Waals surface area contributed by atoms with E-state index < -0.39 is 5.41 Å². The maximum atomic E-state index is 12.8. The fraction of sp³-hybridized carbons (Fsp3) is 0.565. The van der Waals surface area contributed by atoms with E-state index in [0.29, 0.717) is 18.2 Å². The molecule has 0 bridgehead atoms. The Morgan fingerprint density at radius 2 is 2.10 bits per heavy atom. The molecule has 3 rings (SSSR count). The minimum Gasteiger partial charge on any atom is -0.497 e. The summed E-state index contributed by atoms with van der Waals surface area (Å²) < 4.78 is 10.8. The third kappa shape index (κ3) is 5.05. The number of β-amino-alcohol motifs (C(OH)–C–C–N with tert-alkyl or cyclic N) is 1. The van der Waals surface area contributed by atoms with E-state index in [1.807, 2.05) is 25.1 Å². The number of rotatable bonds is 9. The molecule has 164 valence electrons. The second kappa shape index (κ2) is 10.4. The first-order valence-corrected chi connectivity index (χ1v) is 11.0. The van der Waals surface area contributed by atoms with Gasteiger partial charge in [0.15, 0.2) is 0 Å². The van der Waals surface area contributed by atoms with E-state index in [-0.39, 0.29) is 12.6 Å². The van der Waals surface area contributed by atoms with Crippen LogP contribution in [-0.4, -0.2) is 60.9 Å². The third-order valence-electron chi connectivity index (χ3n) is 6.15. The van der Waals surface area contributed by atoms with Crippen molar-refractivity contribution in [1.82, 2.24) is 9.88 Å². The molecule has 1 N–H and O–H groups in total. The van der Waals surface area contributed by atoms with Gasteiger partial charge in [-0.05, 0) is 75.9 Å². The Hall–Kier alpha value is -1.89. The number of aromatic nitrogens is 1. The molecule has 0 spiro atoms. The molecule has 1 aliphatic rings. The Bertz CT molecular complexity index is 866. The molecule has 0 radical (unpaired) electrons. The molecule has 0 saturated carbocycles. The zero-order valence-corrected chi connectivity index (χ0v) is 18.6. The molecule has 1 saturated heterocycles. The molecule has 0 amide bonds. The van der Waals surface area contributed by atoms with Gasteiger partial charge in [-0.1, -0.05) is 11.6 Å². The molecule has 1 aliphatic heterocycles. The number of fused-ring (bicyclic) bond motifs is 1. The lowest BCUT2D eigenvalue weighted by Crippen LogP contribution is -2.46. The minimum atomic E-state index is -0.463. The van der Waals surface area contributed by atoms with Crippen molar-refractivity contribution in [2.75, 3.05) is 40.0 Å². The zero-order chi connectivity index (χ0) is 21.6. The molecule has 2 heterocycles. The van der Waals surface area contributed by atoms with Crippen LogP contribution in [0.25, 0.3) is 10.9 Å². The highest BCUT2D eigenvalue weighted by Gasteiger charge is 2.42. The van der Waals surface area contributed by atoms with E-state index in [2.05, 4.69) is 9.88 Å². The van der Waals surface area contributed by atoms with Crippen LogP contribution in [0.1, 0.15) is 38.2 Å². The average Bonchev–Trinajstić information content (AvgIpc) is 2.76. The summed E-state index contributed by atoms with van der Waals surface area (Å²) >= 11 is 6.50. The number of piperidine rings is 1. The number of pyridine rings is 1. The fourth-order valence-electron chi connectivity index (χ4n) is 4.37. The van der Waals surface area contributed by atoms with Gasteiger partial charge < -0.3 is 19.5 Å². The molecule has 1 aromatic carbocycles. The highest BCUT2D eigenvalue weighted by molar-refractivity contribution is 6.32. The monoisotopic (exact) mass is 434 g/mol. The molecular formula is C23H31ClN2O4. The molecule has 30 heavy (non-hydrogen) atoms. The SMILES string of the molecule is CCOC(=O)C1(CCCc2c(Cl)cnc3ccc(OC)cc23)CCN(CCO)CC1. The van der Waals surface area contributed by atoms with Gasteiger partial charge in [0.1, 0.15) is 5.75 Å². The number of aryl methyl sites for hydroxylation is 1. The number of halogens is 1. The van der Waals surface area contributed by atoms with Crippen molar-refractivity contribution in [1.29, 1.82) is 0 Å². The first-order chi connectivity index (χ1) is 14.5. The lowest BCUT2D eigenvalue weighted by Gasteiger charge is -2.40. The maximum absolute atomic E-state index is 12.8. The minimum absolute atomic E-state index is 0.0963. The summed E-state index contributed by atoms with van der Waals surface area (Å²) in [6.07, 6.45) is 5.54. The van der Waals surface area contributed by atoms with Gasteiger partial charge in [-0.25, -0.2) is 0 Å². The van der Waals surface area contributed by atoms with Gasteiger partial charge in [0.2, 0.25) is 0 Å². The predicted molar refractivity (Wildman–Crippen MR) is 118 cm³/mol. The number of aliphatic hydroxyl groups excluding tert-OH is 1. The number of benzene rings is 1. The Balaban J connectivity index is 1.75. The van der Waals surface area contributed by atoms with E-state index in [9.17, 15) is 9.90 Å². The number of likely N-dealkylation sites (tertiary alicyclic amines) is 1. The smallest absolute Gasteiger partial charge is 0.312 e. The van der Waals surface area contributed by atoms with E-state index in [0.717, 1.165) is 67.4 Å². The third-order valence-corrected chi connectivity index (χ3v) is 6.48. The van der Waals surface area contributed by atoms with Crippen LogP contribution in [-0.2, 0) is 16.0 Å². The number of aliphatic hydroxyl groups is 1.